The van der Waals surface area contributed by atoms with Gasteiger partial charge >= 0.3 is 6.18 Å². The van der Waals surface area contributed by atoms with Crippen LogP contribution in [0.1, 0.15) is 36.0 Å². The summed E-state index contributed by atoms with van der Waals surface area (Å²) in [6.07, 6.45) is -2.73. The van der Waals surface area contributed by atoms with Crippen molar-refractivity contribution in [1.82, 2.24) is 4.90 Å². The molecule has 30 heavy (non-hydrogen) atoms. The Balaban J connectivity index is 1.43. The number of amides is 1. The van der Waals surface area contributed by atoms with Gasteiger partial charge in [-0.1, -0.05) is 29.4 Å². The Morgan fingerprint density at radius 1 is 1.13 bits per heavy atom. The normalized spacial score (nSPS) is 18.7. The van der Waals surface area contributed by atoms with Gasteiger partial charge in [-0.15, -0.1) is 0 Å². The third-order valence-corrected chi connectivity index (χ3v) is 5.21. The van der Waals surface area contributed by atoms with Crippen LogP contribution in [-0.4, -0.2) is 29.2 Å². The number of halogens is 4. The zero-order valence-electron chi connectivity index (χ0n) is 16.0. The topological polar surface area (TPSA) is 41.9 Å². The fourth-order valence-electron chi connectivity index (χ4n) is 3.45. The molecular weight excluding hydrogens is 400 g/mol. The van der Waals surface area contributed by atoms with E-state index in [0.29, 0.717) is 23.3 Å². The van der Waals surface area contributed by atoms with Gasteiger partial charge in [-0.05, 0) is 42.7 Å². The van der Waals surface area contributed by atoms with Crippen molar-refractivity contribution in [2.24, 2.45) is 11.1 Å². The molecule has 0 saturated heterocycles. The molecule has 0 N–H and O–H groups in total. The number of oxime groups is 1. The first kappa shape index (κ1) is 20.4. The van der Waals surface area contributed by atoms with Gasteiger partial charge in [-0.25, -0.2) is 4.39 Å². The highest BCUT2D eigenvalue weighted by atomic mass is 19.4. The highest BCUT2D eigenvalue weighted by Crippen LogP contribution is 2.33. The first-order valence-corrected chi connectivity index (χ1v) is 9.73. The second kappa shape index (κ2) is 8.08. The van der Waals surface area contributed by atoms with Gasteiger partial charge in [0.05, 0.1) is 17.8 Å². The highest BCUT2D eigenvalue weighted by molar-refractivity contribution is 6.01. The van der Waals surface area contributed by atoms with Crippen LogP contribution in [0.5, 0.6) is 0 Å². The quantitative estimate of drug-likeness (QED) is 0.632. The molecule has 4 nitrogen and oxygen atoms in total. The number of benzene rings is 2. The lowest BCUT2D eigenvalue weighted by Crippen LogP contribution is -2.38. The Hall–Kier alpha value is -2.90. The van der Waals surface area contributed by atoms with E-state index < -0.39 is 11.7 Å². The van der Waals surface area contributed by atoms with Crippen LogP contribution in [0.25, 0.3) is 0 Å². The molecule has 2 aromatic rings. The second-order valence-corrected chi connectivity index (χ2v) is 7.67. The van der Waals surface area contributed by atoms with Crippen molar-refractivity contribution in [3.63, 3.8) is 0 Å². The first-order valence-electron chi connectivity index (χ1n) is 9.73. The smallest absolute Gasteiger partial charge is 0.390 e. The molecular formula is C22H20F4N2O2. The Morgan fingerprint density at radius 3 is 2.50 bits per heavy atom. The van der Waals surface area contributed by atoms with E-state index in [2.05, 4.69) is 5.16 Å². The van der Waals surface area contributed by atoms with Gasteiger partial charge in [0.1, 0.15) is 5.82 Å². The summed E-state index contributed by atoms with van der Waals surface area (Å²) >= 11 is 0. The van der Waals surface area contributed by atoms with Gasteiger partial charge < -0.3 is 9.74 Å². The number of hydrogen-bond donors (Lipinski definition) is 0. The minimum atomic E-state index is -4.40. The van der Waals surface area contributed by atoms with Crippen molar-refractivity contribution in [3.05, 3.63) is 71.0 Å². The van der Waals surface area contributed by atoms with E-state index in [9.17, 15) is 22.4 Å². The first-order chi connectivity index (χ1) is 14.3. The zero-order chi connectivity index (χ0) is 21.3. The van der Waals surface area contributed by atoms with Gasteiger partial charge in [-0.3, -0.25) is 4.79 Å². The van der Waals surface area contributed by atoms with E-state index in [0.717, 1.165) is 25.0 Å². The molecule has 1 amide bonds. The maximum atomic E-state index is 13.5. The molecule has 8 heteroatoms. The molecule has 1 aliphatic heterocycles. The number of rotatable bonds is 6. The summed E-state index contributed by atoms with van der Waals surface area (Å²) in [5.74, 6) is -0.436. The van der Waals surface area contributed by atoms with Crippen LogP contribution in [0, 0.1) is 11.7 Å². The third-order valence-electron chi connectivity index (χ3n) is 5.21. The molecule has 2 aliphatic rings. The summed E-state index contributed by atoms with van der Waals surface area (Å²) in [4.78, 5) is 19.8. The van der Waals surface area contributed by atoms with Crippen LogP contribution < -0.4 is 0 Å². The largest absolute Gasteiger partial charge is 0.416 e. The van der Waals surface area contributed by atoms with Crippen LogP contribution in [0.2, 0.25) is 0 Å². The Bertz CT molecular complexity index is 952. The summed E-state index contributed by atoms with van der Waals surface area (Å²) in [5.41, 5.74) is 1.12. The molecule has 0 radical (unpaired) electrons. The summed E-state index contributed by atoms with van der Waals surface area (Å²) < 4.78 is 51.8. The van der Waals surface area contributed by atoms with Crippen LogP contribution in [-0.2, 0) is 22.4 Å². The van der Waals surface area contributed by atoms with Gasteiger partial charge in [-0.2, -0.15) is 13.2 Å². The predicted molar refractivity (Wildman–Crippen MR) is 102 cm³/mol. The lowest BCUT2D eigenvalue weighted by molar-refractivity contribution is -0.138. The van der Waals surface area contributed by atoms with Gasteiger partial charge in [0.2, 0.25) is 5.91 Å². The molecule has 1 atom stereocenters. The Labute approximate surface area is 171 Å². The minimum absolute atomic E-state index is 0.0299. The number of hydrogen-bond acceptors (Lipinski definition) is 3. The fourth-order valence-corrected chi connectivity index (χ4v) is 3.45. The molecule has 1 aliphatic carbocycles. The molecule has 158 valence electrons. The number of nitrogens with zero attached hydrogens (tertiary/aromatic N) is 2. The van der Waals surface area contributed by atoms with Gasteiger partial charge in [0, 0.05) is 24.4 Å². The van der Waals surface area contributed by atoms with Crippen LogP contribution in [0.15, 0.2) is 53.7 Å². The van der Waals surface area contributed by atoms with E-state index >= 15 is 0 Å². The monoisotopic (exact) mass is 420 g/mol. The summed E-state index contributed by atoms with van der Waals surface area (Å²) in [6.45, 7) is 0.460. The summed E-state index contributed by atoms with van der Waals surface area (Å²) in [6, 6.07) is 10.9. The SMILES string of the molecule is O=C(C1CC1)N(Cc1ccc(C(F)(F)F)cc1)CC1CC(c2cccc(F)c2)=NO1. The van der Waals surface area contributed by atoms with E-state index in [1.165, 1.54) is 24.3 Å². The molecule has 0 bridgehead atoms. The Morgan fingerprint density at radius 2 is 1.87 bits per heavy atom. The van der Waals surface area contributed by atoms with Crippen molar-refractivity contribution >= 4 is 11.6 Å². The maximum Gasteiger partial charge on any atom is 0.416 e. The summed E-state index contributed by atoms with van der Waals surface area (Å²) in [5, 5.41) is 4.03. The van der Waals surface area contributed by atoms with Crippen LogP contribution >= 0.6 is 0 Å². The average molecular weight is 420 g/mol. The molecule has 0 spiro atoms. The van der Waals surface area contributed by atoms with Crippen molar-refractivity contribution in [2.75, 3.05) is 6.54 Å². The molecule has 2 aromatic carbocycles. The van der Waals surface area contributed by atoms with E-state index in [4.69, 9.17) is 4.84 Å². The number of carbonyl (C=O) groups excluding carboxylic acids is 1. The number of alkyl halides is 3. The van der Waals surface area contributed by atoms with Crippen molar-refractivity contribution < 1.29 is 27.2 Å². The minimum Gasteiger partial charge on any atom is -0.390 e. The highest BCUT2D eigenvalue weighted by Gasteiger charge is 2.36. The van der Waals surface area contributed by atoms with E-state index in [1.54, 1.807) is 17.0 Å². The predicted octanol–water partition coefficient (Wildman–Crippen LogP) is 4.78. The summed E-state index contributed by atoms with van der Waals surface area (Å²) in [7, 11) is 0. The molecule has 1 saturated carbocycles. The maximum absolute atomic E-state index is 13.5. The average Bonchev–Trinajstić information content (AvgIpc) is 3.45. The van der Waals surface area contributed by atoms with Crippen LogP contribution in [0.4, 0.5) is 17.6 Å². The third kappa shape index (κ3) is 4.80. The van der Waals surface area contributed by atoms with Crippen LogP contribution in [0.3, 0.4) is 0 Å². The molecule has 1 unspecified atom stereocenters. The second-order valence-electron chi connectivity index (χ2n) is 7.67. The van der Waals surface area contributed by atoms with Gasteiger partial charge in [0.15, 0.2) is 6.10 Å². The van der Waals surface area contributed by atoms with Crippen molar-refractivity contribution in [2.45, 2.75) is 38.1 Å². The lowest BCUT2D eigenvalue weighted by Gasteiger charge is -2.25. The van der Waals surface area contributed by atoms with Crippen molar-refractivity contribution in [1.29, 1.82) is 0 Å². The number of carbonyl (C=O) groups is 1. The molecule has 4 rings (SSSR count). The standard InChI is InChI=1S/C22H20F4N2O2/c23-18-3-1-2-16(10-18)20-11-19(30-27-20)13-28(21(29)15-6-7-15)12-14-4-8-17(9-5-14)22(24,25)26/h1-5,8-10,15,19H,6-7,11-13H2. The van der Waals surface area contributed by atoms with Crippen molar-refractivity contribution in [3.8, 4) is 0 Å². The van der Waals surface area contributed by atoms with E-state index in [1.807, 2.05) is 0 Å². The molecule has 1 fully saturated rings. The molecule has 0 aromatic heterocycles. The molecule has 1 heterocycles. The lowest BCUT2D eigenvalue weighted by atomic mass is 10.0. The fraction of sp³-hybridized carbons (Fsp3) is 0.364. The Kier molecular flexibility index (Phi) is 5.49. The zero-order valence-corrected chi connectivity index (χ0v) is 16.0. The van der Waals surface area contributed by atoms with Gasteiger partial charge in [0.25, 0.3) is 0 Å². The van der Waals surface area contributed by atoms with E-state index in [-0.39, 0.29) is 36.8 Å².